The molecule has 0 saturated heterocycles. The van der Waals surface area contributed by atoms with Crippen LogP contribution in [0.2, 0.25) is 0 Å². The van der Waals surface area contributed by atoms with Crippen LogP contribution in [0.5, 0.6) is 5.75 Å². The van der Waals surface area contributed by atoms with Gasteiger partial charge in [0.1, 0.15) is 5.75 Å². The summed E-state index contributed by atoms with van der Waals surface area (Å²) in [4.78, 5) is 0. The molecule has 0 heterocycles. The van der Waals surface area contributed by atoms with E-state index in [4.69, 9.17) is 4.74 Å². The van der Waals surface area contributed by atoms with E-state index < -0.39 is 6.10 Å². The van der Waals surface area contributed by atoms with Crippen molar-refractivity contribution in [3.63, 3.8) is 0 Å². The molecule has 2 rings (SSSR count). The minimum Gasteiger partial charge on any atom is -0.491 e. The topological polar surface area (TPSA) is 41.5 Å². The molecular formula is C18H23NO2. The van der Waals surface area contributed by atoms with Crippen LogP contribution in [-0.2, 0) is 6.54 Å². The molecule has 1 atom stereocenters. The number of nitrogens with one attached hydrogen (secondary N) is 1. The van der Waals surface area contributed by atoms with Crippen LogP contribution in [0, 0.1) is 0 Å². The molecule has 2 aromatic rings. The molecule has 0 aliphatic rings. The van der Waals surface area contributed by atoms with Gasteiger partial charge < -0.3 is 15.2 Å². The Morgan fingerprint density at radius 3 is 2.38 bits per heavy atom. The molecule has 112 valence electrons. The number of aliphatic hydroxyl groups is 1. The highest BCUT2D eigenvalue weighted by atomic mass is 16.5. The molecule has 0 amide bonds. The van der Waals surface area contributed by atoms with Crippen molar-refractivity contribution in [2.75, 3.05) is 6.54 Å². The van der Waals surface area contributed by atoms with Gasteiger partial charge in [-0.15, -0.1) is 0 Å². The fraction of sp³-hybridized carbons (Fsp3) is 0.333. The second-order valence-corrected chi connectivity index (χ2v) is 5.33. The van der Waals surface area contributed by atoms with Gasteiger partial charge in [0.05, 0.1) is 12.2 Å². The van der Waals surface area contributed by atoms with Crippen LogP contribution < -0.4 is 10.1 Å². The van der Waals surface area contributed by atoms with Gasteiger partial charge in [0.2, 0.25) is 0 Å². The molecular weight excluding hydrogens is 262 g/mol. The van der Waals surface area contributed by atoms with Gasteiger partial charge in [-0.05, 0) is 25.5 Å². The summed E-state index contributed by atoms with van der Waals surface area (Å²) in [6.45, 7) is 5.22. The number of benzene rings is 2. The smallest absolute Gasteiger partial charge is 0.124 e. The Kier molecular flexibility index (Phi) is 5.78. The average molecular weight is 285 g/mol. The van der Waals surface area contributed by atoms with E-state index in [-0.39, 0.29) is 6.10 Å². The minimum atomic E-state index is -0.496. The summed E-state index contributed by atoms with van der Waals surface area (Å²) in [5.41, 5.74) is 2.03. The maximum absolute atomic E-state index is 10.1. The highest BCUT2D eigenvalue weighted by Crippen LogP contribution is 2.19. The molecule has 2 N–H and O–H groups in total. The van der Waals surface area contributed by atoms with Crippen molar-refractivity contribution in [1.29, 1.82) is 0 Å². The molecule has 0 aliphatic carbocycles. The van der Waals surface area contributed by atoms with Gasteiger partial charge in [-0.3, -0.25) is 0 Å². The van der Waals surface area contributed by atoms with Gasteiger partial charge >= 0.3 is 0 Å². The normalized spacial score (nSPS) is 12.4. The van der Waals surface area contributed by atoms with E-state index in [0.29, 0.717) is 13.1 Å². The summed E-state index contributed by atoms with van der Waals surface area (Å²) >= 11 is 0. The second-order valence-electron chi connectivity index (χ2n) is 5.33. The molecule has 0 fully saturated rings. The summed E-state index contributed by atoms with van der Waals surface area (Å²) in [6, 6.07) is 17.7. The number of hydrogen-bond acceptors (Lipinski definition) is 3. The van der Waals surface area contributed by atoms with Gasteiger partial charge in [0.15, 0.2) is 0 Å². The highest BCUT2D eigenvalue weighted by Gasteiger charge is 2.08. The van der Waals surface area contributed by atoms with Crippen LogP contribution >= 0.6 is 0 Å². The van der Waals surface area contributed by atoms with E-state index in [1.54, 1.807) is 0 Å². The first-order valence-corrected chi connectivity index (χ1v) is 7.35. The van der Waals surface area contributed by atoms with Gasteiger partial charge in [-0.25, -0.2) is 0 Å². The number of hydrogen-bond donors (Lipinski definition) is 2. The number of ether oxygens (including phenoxy) is 1. The third-order valence-corrected chi connectivity index (χ3v) is 3.17. The van der Waals surface area contributed by atoms with Gasteiger partial charge in [-0.2, -0.15) is 0 Å². The first-order chi connectivity index (χ1) is 10.2. The number of rotatable bonds is 7. The average Bonchev–Trinajstić information content (AvgIpc) is 2.49. The SMILES string of the molecule is CC(C)Oc1ccccc1CNC[C@H](O)c1ccccc1. The lowest BCUT2D eigenvalue weighted by atomic mass is 10.1. The first-order valence-electron chi connectivity index (χ1n) is 7.35. The van der Waals surface area contributed by atoms with E-state index >= 15 is 0 Å². The summed E-state index contributed by atoms with van der Waals surface area (Å²) in [5.74, 6) is 0.897. The Hall–Kier alpha value is -1.84. The third-order valence-electron chi connectivity index (χ3n) is 3.17. The van der Waals surface area contributed by atoms with Crippen molar-refractivity contribution < 1.29 is 9.84 Å². The molecule has 0 bridgehead atoms. The minimum absolute atomic E-state index is 0.154. The van der Waals surface area contributed by atoms with E-state index in [9.17, 15) is 5.11 Å². The quantitative estimate of drug-likeness (QED) is 0.820. The van der Waals surface area contributed by atoms with E-state index in [2.05, 4.69) is 5.32 Å². The zero-order valence-corrected chi connectivity index (χ0v) is 12.6. The maximum atomic E-state index is 10.1. The van der Waals surface area contributed by atoms with Crippen LogP contribution in [-0.4, -0.2) is 17.8 Å². The van der Waals surface area contributed by atoms with Crippen LogP contribution in [0.15, 0.2) is 54.6 Å². The fourth-order valence-electron chi connectivity index (χ4n) is 2.16. The zero-order chi connectivity index (χ0) is 15.1. The molecule has 0 unspecified atom stereocenters. The molecule has 3 heteroatoms. The lowest BCUT2D eigenvalue weighted by Gasteiger charge is -2.16. The molecule has 0 aliphatic heterocycles. The molecule has 0 aromatic heterocycles. The highest BCUT2D eigenvalue weighted by molar-refractivity contribution is 5.33. The number of aliphatic hydroxyl groups excluding tert-OH is 1. The molecule has 0 spiro atoms. The van der Waals surface area contributed by atoms with Crippen LogP contribution in [0.3, 0.4) is 0 Å². The first kappa shape index (κ1) is 15.5. The second kappa shape index (κ2) is 7.81. The summed E-state index contributed by atoms with van der Waals surface area (Å²) in [5, 5.41) is 13.4. The Bertz CT molecular complexity index is 540. The van der Waals surface area contributed by atoms with Crippen molar-refractivity contribution in [2.45, 2.75) is 32.6 Å². The van der Waals surface area contributed by atoms with Crippen molar-refractivity contribution in [3.05, 3.63) is 65.7 Å². The largest absolute Gasteiger partial charge is 0.491 e. The summed E-state index contributed by atoms with van der Waals surface area (Å²) < 4.78 is 5.78. The third kappa shape index (κ3) is 4.88. The summed E-state index contributed by atoms with van der Waals surface area (Å²) in [7, 11) is 0. The zero-order valence-electron chi connectivity index (χ0n) is 12.6. The van der Waals surface area contributed by atoms with Crippen molar-refractivity contribution >= 4 is 0 Å². The molecule has 2 aromatic carbocycles. The Labute approximate surface area is 126 Å². The van der Waals surface area contributed by atoms with Gasteiger partial charge in [0.25, 0.3) is 0 Å². The predicted octanol–water partition coefficient (Wildman–Crippen LogP) is 3.30. The van der Waals surface area contributed by atoms with Gasteiger partial charge in [0, 0.05) is 18.7 Å². The van der Waals surface area contributed by atoms with E-state index in [1.807, 2.05) is 68.4 Å². The monoisotopic (exact) mass is 285 g/mol. The molecule has 3 nitrogen and oxygen atoms in total. The lowest BCUT2D eigenvalue weighted by molar-refractivity contribution is 0.174. The van der Waals surface area contributed by atoms with Crippen LogP contribution in [0.1, 0.15) is 31.1 Å². The molecule has 21 heavy (non-hydrogen) atoms. The fourth-order valence-corrected chi connectivity index (χ4v) is 2.16. The molecule has 0 radical (unpaired) electrons. The standard InChI is InChI=1S/C18H23NO2/c1-14(2)21-18-11-7-6-10-16(18)12-19-13-17(20)15-8-4-3-5-9-15/h3-11,14,17,19-20H,12-13H2,1-2H3/t17-/m0/s1. The van der Waals surface area contributed by atoms with Crippen LogP contribution in [0.4, 0.5) is 0 Å². The van der Waals surface area contributed by atoms with Crippen molar-refractivity contribution in [2.24, 2.45) is 0 Å². The maximum Gasteiger partial charge on any atom is 0.124 e. The van der Waals surface area contributed by atoms with Crippen molar-refractivity contribution in [3.8, 4) is 5.75 Å². The van der Waals surface area contributed by atoms with Crippen molar-refractivity contribution in [1.82, 2.24) is 5.32 Å². The lowest BCUT2D eigenvalue weighted by Crippen LogP contribution is -2.21. The van der Waals surface area contributed by atoms with E-state index in [0.717, 1.165) is 16.9 Å². The van der Waals surface area contributed by atoms with Gasteiger partial charge in [-0.1, -0.05) is 48.5 Å². The number of para-hydroxylation sites is 1. The Morgan fingerprint density at radius 1 is 1.00 bits per heavy atom. The molecule has 0 saturated carbocycles. The Balaban J connectivity index is 1.89. The summed E-state index contributed by atoms with van der Waals surface area (Å²) in [6.07, 6.45) is -0.342. The Morgan fingerprint density at radius 2 is 1.67 bits per heavy atom. The predicted molar refractivity (Wildman–Crippen MR) is 85.3 cm³/mol. The van der Waals surface area contributed by atoms with Crippen LogP contribution in [0.25, 0.3) is 0 Å². The van der Waals surface area contributed by atoms with E-state index in [1.165, 1.54) is 0 Å².